The highest BCUT2D eigenvalue weighted by molar-refractivity contribution is 9.10. The van der Waals surface area contributed by atoms with Crippen LogP contribution in [0, 0.1) is 13.8 Å². The molecular weight excluding hydrogens is 466 g/mol. The second-order valence-electron chi connectivity index (χ2n) is 6.86. The number of hydrazine groups is 1. The van der Waals surface area contributed by atoms with Gasteiger partial charge in [-0.2, -0.15) is 0 Å². The quantitative estimate of drug-likeness (QED) is 0.368. The number of anilines is 1. The molecule has 0 aromatic heterocycles. The first-order valence-corrected chi connectivity index (χ1v) is 10.5. The van der Waals surface area contributed by atoms with Gasteiger partial charge in [0.25, 0.3) is 5.91 Å². The number of hydrogen-bond acceptors (Lipinski definition) is 5. The fourth-order valence-corrected chi connectivity index (χ4v) is 3.06. The zero-order valence-electron chi connectivity index (χ0n) is 17.7. The Labute approximate surface area is 189 Å². The summed E-state index contributed by atoms with van der Waals surface area (Å²) >= 11 is 3.35. The van der Waals surface area contributed by atoms with E-state index in [1.807, 2.05) is 32.0 Å². The summed E-state index contributed by atoms with van der Waals surface area (Å²) in [5.41, 5.74) is 7.68. The first-order valence-electron chi connectivity index (χ1n) is 9.67. The molecule has 0 fully saturated rings. The minimum Gasteiger partial charge on any atom is -0.490 e. The Morgan fingerprint density at radius 1 is 0.935 bits per heavy atom. The van der Waals surface area contributed by atoms with Crippen LogP contribution in [0.3, 0.4) is 0 Å². The van der Waals surface area contributed by atoms with E-state index in [4.69, 9.17) is 9.47 Å². The Balaban J connectivity index is 1.77. The van der Waals surface area contributed by atoms with E-state index in [0.717, 1.165) is 16.8 Å². The SMILES string of the molecule is COCCOc1ccc(C(=O)NNC(=O)CCC(=O)Nc2cc(C)ccc2C)cc1Br. The van der Waals surface area contributed by atoms with Crippen molar-refractivity contribution in [2.45, 2.75) is 26.7 Å². The van der Waals surface area contributed by atoms with Crippen molar-refractivity contribution in [2.75, 3.05) is 25.6 Å². The summed E-state index contributed by atoms with van der Waals surface area (Å²) in [7, 11) is 1.58. The average Bonchev–Trinajstić information content (AvgIpc) is 2.74. The van der Waals surface area contributed by atoms with Crippen LogP contribution in [0.5, 0.6) is 5.75 Å². The van der Waals surface area contributed by atoms with Crippen LogP contribution in [0.15, 0.2) is 40.9 Å². The van der Waals surface area contributed by atoms with E-state index < -0.39 is 11.8 Å². The lowest BCUT2D eigenvalue weighted by Crippen LogP contribution is -2.41. The molecule has 0 heterocycles. The van der Waals surface area contributed by atoms with Gasteiger partial charge in [-0.05, 0) is 65.2 Å². The third kappa shape index (κ3) is 8.03. The number of carbonyl (C=O) groups excluding carboxylic acids is 3. The van der Waals surface area contributed by atoms with E-state index in [-0.39, 0.29) is 18.7 Å². The first-order chi connectivity index (χ1) is 14.8. The zero-order valence-corrected chi connectivity index (χ0v) is 19.3. The molecule has 0 aliphatic heterocycles. The van der Waals surface area contributed by atoms with Gasteiger partial charge < -0.3 is 14.8 Å². The molecule has 166 valence electrons. The van der Waals surface area contributed by atoms with Crippen LogP contribution in [0.25, 0.3) is 0 Å². The van der Waals surface area contributed by atoms with Gasteiger partial charge in [0, 0.05) is 31.2 Å². The van der Waals surface area contributed by atoms with Crippen molar-refractivity contribution >= 4 is 39.3 Å². The number of aryl methyl sites for hydroxylation is 2. The van der Waals surface area contributed by atoms with Crippen molar-refractivity contribution in [3.8, 4) is 5.75 Å². The molecule has 9 heteroatoms. The van der Waals surface area contributed by atoms with Gasteiger partial charge in [0.05, 0.1) is 11.1 Å². The van der Waals surface area contributed by atoms with E-state index >= 15 is 0 Å². The van der Waals surface area contributed by atoms with E-state index in [9.17, 15) is 14.4 Å². The highest BCUT2D eigenvalue weighted by atomic mass is 79.9. The number of benzene rings is 2. The topological polar surface area (TPSA) is 106 Å². The van der Waals surface area contributed by atoms with Crippen molar-refractivity contribution in [2.24, 2.45) is 0 Å². The molecule has 0 spiro atoms. The maximum absolute atomic E-state index is 12.2. The van der Waals surface area contributed by atoms with Gasteiger partial charge in [0.1, 0.15) is 12.4 Å². The molecule has 0 saturated heterocycles. The van der Waals surface area contributed by atoms with Gasteiger partial charge >= 0.3 is 0 Å². The Morgan fingerprint density at radius 2 is 1.68 bits per heavy atom. The molecular formula is C22H26BrN3O5. The second-order valence-corrected chi connectivity index (χ2v) is 7.71. The third-order valence-electron chi connectivity index (χ3n) is 4.30. The van der Waals surface area contributed by atoms with Crippen LogP contribution in [0.1, 0.15) is 34.3 Å². The Hall–Kier alpha value is -2.91. The number of nitrogens with one attached hydrogen (secondary N) is 3. The standard InChI is InChI=1S/C22H26BrN3O5/c1-14-4-5-15(2)18(12-14)24-20(27)8-9-21(28)25-26-22(29)16-6-7-19(17(23)13-16)31-11-10-30-3/h4-7,12-13H,8-11H2,1-3H3,(H,24,27)(H,25,28)(H,26,29). The monoisotopic (exact) mass is 491 g/mol. The molecule has 0 radical (unpaired) electrons. The molecule has 8 nitrogen and oxygen atoms in total. The molecule has 31 heavy (non-hydrogen) atoms. The number of rotatable bonds is 9. The van der Waals surface area contributed by atoms with Crippen LogP contribution in [0.2, 0.25) is 0 Å². The van der Waals surface area contributed by atoms with Crippen LogP contribution in [-0.4, -0.2) is 38.0 Å². The predicted octanol–water partition coefficient (Wildman–Crippen LogP) is 3.27. The van der Waals surface area contributed by atoms with Gasteiger partial charge in [0.2, 0.25) is 11.8 Å². The summed E-state index contributed by atoms with van der Waals surface area (Å²) in [5.74, 6) is -0.656. The van der Waals surface area contributed by atoms with Gasteiger partial charge in [-0.1, -0.05) is 12.1 Å². The maximum Gasteiger partial charge on any atom is 0.269 e. The third-order valence-corrected chi connectivity index (χ3v) is 4.92. The number of ether oxygens (including phenoxy) is 2. The van der Waals surface area contributed by atoms with Crippen LogP contribution in [-0.2, 0) is 14.3 Å². The number of halogens is 1. The van der Waals surface area contributed by atoms with Gasteiger partial charge in [0.15, 0.2) is 0 Å². The summed E-state index contributed by atoms with van der Waals surface area (Å²) in [6, 6.07) is 10.6. The first kappa shape index (κ1) is 24.4. The molecule has 0 atom stereocenters. The Bertz CT molecular complexity index is 949. The van der Waals surface area contributed by atoms with Gasteiger partial charge in [-0.3, -0.25) is 25.2 Å². The highest BCUT2D eigenvalue weighted by Crippen LogP contribution is 2.26. The summed E-state index contributed by atoms with van der Waals surface area (Å²) in [6.45, 7) is 4.66. The smallest absolute Gasteiger partial charge is 0.269 e. The molecule has 3 N–H and O–H groups in total. The van der Waals surface area contributed by atoms with E-state index in [1.165, 1.54) is 0 Å². The van der Waals surface area contributed by atoms with Crippen molar-refractivity contribution in [1.29, 1.82) is 0 Å². The summed E-state index contributed by atoms with van der Waals surface area (Å²) in [5, 5.41) is 2.80. The van der Waals surface area contributed by atoms with Crippen molar-refractivity contribution in [3.63, 3.8) is 0 Å². The molecule has 0 aliphatic rings. The average molecular weight is 492 g/mol. The van der Waals surface area contributed by atoms with Crippen LogP contribution >= 0.6 is 15.9 Å². The number of methoxy groups -OCH3 is 1. The van der Waals surface area contributed by atoms with Crippen molar-refractivity contribution in [3.05, 3.63) is 57.6 Å². The van der Waals surface area contributed by atoms with Crippen molar-refractivity contribution in [1.82, 2.24) is 10.9 Å². The summed E-state index contributed by atoms with van der Waals surface area (Å²) in [4.78, 5) is 36.3. The van der Waals surface area contributed by atoms with Crippen LogP contribution < -0.4 is 20.9 Å². The van der Waals surface area contributed by atoms with E-state index in [0.29, 0.717) is 29.0 Å². The molecule has 0 bridgehead atoms. The fraction of sp³-hybridized carbons (Fsp3) is 0.318. The highest BCUT2D eigenvalue weighted by Gasteiger charge is 2.12. The second kappa shape index (κ2) is 12.1. The number of carbonyl (C=O) groups is 3. The zero-order chi connectivity index (χ0) is 22.8. The summed E-state index contributed by atoms with van der Waals surface area (Å²) in [6.07, 6.45) is -0.0684. The molecule has 2 rings (SSSR count). The van der Waals surface area contributed by atoms with E-state index in [2.05, 4.69) is 32.1 Å². The lowest BCUT2D eigenvalue weighted by atomic mass is 10.1. The molecule has 0 saturated carbocycles. The predicted molar refractivity (Wildman–Crippen MR) is 121 cm³/mol. The minimum atomic E-state index is -0.489. The van der Waals surface area contributed by atoms with E-state index in [1.54, 1.807) is 25.3 Å². The Kier molecular flexibility index (Phi) is 9.48. The largest absolute Gasteiger partial charge is 0.490 e. The fourth-order valence-electron chi connectivity index (χ4n) is 2.57. The molecule has 2 aromatic carbocycles. The number of hydrogen-bond donors (Lipinski definition) is 3. The molecule has 0 aliphatic carbocycles. The maximum atomic E-state index is 12.2. The van der Waals surface area contributed by atoms with Gasteiger partial charge in [-0.25, -0.2) is 0 Å². The molecule has 0 unspecified atom stereocenters. The van der Waals surface area contributed by atoms with Crippen LogP contribution in [0.4, 0.5) is 5.69 Å². The normalized spacial score (nSPS) is 10.3. The number of amides is 3. The van der Waals surface area contributed by atoms with Crippen molar-refractivity contribution < 1.29 is 23.9 Å². The summed E-state index contributed by atoms with van der Waals surface area (Å²) < 4.78 is 11.0. The minimum absolute atomic E-state index is 0.00581. The Morgan fingerprint density at radius 3 is 2.39 bits per heavy atom. The molecule has 3 amide bonds. The lowest BCUT2D eigenvalue weighted by molar-refractivity contribution is -0.124. The molecule has 2 aromatic rings. The lowest BCUT2D eigenvalue weighted by Gasteiger charge is -2.11. The van der Waals surface area contributed by atoms with Gasteiger partial charge in [-0.15, -0.1) is 0 Å².